The van der Waals surface area contributed by atoms with Crippen LogP contribution in [0.25, 0.3) is 0 Å². The van der Waals surface area contributed by atoms with Crippen molar-refractivity contribution in [1.29, 1.82) is 0 Å². The molecule has 0 aliphatic carbocycles. The first kappa shape index (κ1) is 15.3. The third-order valence-electron chi connectivity index (χ3n) is 3.63. The van der Waals surface area contributed by atoms with Crippen molar-refractivity contribution < 1.29 is 9.47 Å². The molecule has 4 heteroatoms. The molecule has 0 radical (unpaired) electrons. The Kier molecular flexibility index (Phi) is 5.83. The van der Waals surface area contributed by atoms with E-state index >= 15 is 0 Å². The second-order valence-corrected chi connectivity index (χ2v) is 5.65. The molecule has 0 amide bonds. The lowest BCUT2D eigenvalue weighted by atomic mass is 9.96. The molecule has 1 aromatic carbocycles. The minimum absolute atomic E-state index is 0.0630. The van der Waals surface area contributed by atoms with Gasteiger partial charge >= 0.3 is 0 Å². The summed E-state index contributed by atoms with van der Waals surface area (Å²) in [5.74, 6) is 6.66. The molecule has 0 spiro atoms. The Morgan fingerprint density at radius 1 is 1.35 bits per heavy atom. The molecule has 4 nitrogen and oxygen atoms in total. The molecular formula is C16H26N2O2. The summed E-state index contributed by atoms with van der Waals surface area (Å²) in [6.07, 6.45) is 4.86. The lowest BCUT2D eigenvalue weighted by Gasteiger charge is -2.28. The molecule has 112 valence electrons. The van der Waals surface area contributed by atoms with E-state index in [0.29, 0.717) is 0 Å². The number of hydrazine groups is 1. The molecule has 2 rings (SSSR count). The molecular weight excluding hydrogens is 252 g/mol. The molecule has 1 aliphatic rings. The molecule has 1 heterocycles. The zero-order valence-corrected chi connectivity index (χ0v) is 12.5. The predicted molar refractivity (Wildman–Crippen MR) is 80.5 cm³/mol. The smallest absolute Gasteiger partial charge is 0.124 e. The van der Waals surface area contributed by atoms with Gasteiger partial charge in [0.2, 0.25) is 0 Å². The van der Waals surface area contributed by atoms with E-state index in [1.54, 1.807) is 0 Å². The van der Waals surface area contributed by atoms with E-state index in [2.05, 4.69) is 11.5 Å². The van der Waals surface area contributed by atoms with Gasteiger partial charge in [0.25, 0.3) is 0 Å². The maximum atomic E-state index is 5.88. The van der Waals surface area contributed by atoms with Gasteiger partial charge in [-0.2, -0.15) is 0 Å². The first-order valence-electron chi connectivity index (χ1n) is 7.54. The zero-order valence-electron chi connectivity index (χ0n) is 12.5. The highest BCUT2D eigenvalue weighted by Gasteiger charge is 2.22. The van der Waals surface area contributed by atoms with Crippen molar-refractivity contribution in [3.63, 3.8) is 0 Å². The number of hydrogen-bond acceptors (Lipinski definition) is 4. The van der Waals surface area contributed by atoms with E-state index in [9.17, 15) is 0 Å². The largest absolute Gasteiger partial charge is 0.491 e. The maximum Gasteiger partial charge on any atom is 0.124 e. The molecule has 0 bridgehead atoms. The van der Waals surface area contributed by atoms with Gasteiger partial charge in [-0.15, -0.1) is 0 Å². The third-order valence-corrected chi connectivity index (χ3v) is 3.63. The molecule has 1 fully saturated rings. The molecule has 1 aliphatic heterocycles. The van der Waals surface area contributed by atoms with Gasteiger partial charge in [0.1, 0.15) is 5.75 Å². The number of nitrogens with two attached hydrogens (primary N) is 1. The third kappa shape index (κ3) is 4.20. The van der Waals surface area contributed by atoms with Crippen LogP contribution < -0.4 is 16.0 Å². The highest BCUT2D eigenvalue weighted by molar-refractivity contribution is 5.36. The van der Waals surface area contributed by atoms with Gasteiger partial charge in [-0.05, 0) is 45.6 Å². The summed E-state index contributed by atoms with van der Waals surface area (Å²) >= 11 is 0. The fraction of sp³-hybridized carbons (Fsp3) is 0.625. The van der Waals surface area contributed by atoms with Crippen molar-refractivity contribution in [3.8, 4) is 5.75 Å². The van der Waals surface area contributed by atoms with Crippen molar-refractivity contribution >= 4 is 0 Å². The average Bonchev–Trinajstić information content (AvgIpc) is 2.46. The SMILES string of the molecule is CC(C)Oc1ccccc1C(CC1CCCCO1)NN. The first-order chi connectivity index (χ1) is 9.70. The number of nitrogens with one attached hydrogen (secondary N) is 1. The molecule has 1 saturated heterocycles. The van der Waals surface area contributed by atoms with Crippen LogP contribution in [-0.4, -0.2) is 18.8 Å². The van der Waals surface area contributed by atoms with Gasteiger partial charge in [-0.25, -0.2) is 0 Å². The first-order valence-corrected chi connectivity index (χ1v) is 7.54. The molecule has 2 atom stereocenters. The van der Waals surface area contributed by atoms with Crippen LogP contribution in [0.4, 0.5) is 0 Å². The fourth-order valence-electron chi connectivity index (χ4n) is 2.67. The standard InChI is InChI=1S/C16H26N2O2/c1-12(2)20-16-9-4-3-8-14(16)15(18-17)11-13-7-5-6-10-19-13/h3-4,8-9,12-13,15,18H,5-7,10-11,17H2,1-2H3. The van der Waals surface area contributed by atoms with Crippen LogP contribution in [0.5, 0.6) is 5.75 Å². The van der Waals surface area contributed by atoms with Gasteiger partial charge in [0, 0.05) is 12.2 Å². The molecule has 0 saturated carbocycles. The van der Waals surface area contributed by atoms with Gasteiger partial charge in [0.15, 0.2) is 0 Å². The molecule has 0 aromatic heterocycles. The highest BCUT2D eigenvalue weighted by atomic mass is 16.5. The van der Waals surface area contributed by atoms with E-state index in [4.69, 9.17) is 15.3 Å². The summed E-state index contributed by atoms with van der Waals surface area (Å²) in [5, 5.41) is 0. The van der Waals surface area contributed by atoms with Crippen LogP contribution in [0.15, 0.2) is 24.3 Å². The Balaban J connectivity index is 2.09. The van der Waals surface area contributed by atoms with Crippen LogP contribution in [-0.2, 0) is 4.74 Å². The maximum absolute atomic E-state index is 5.88. The van der Waals surface area contributed by atoms with E-state index < -0.39 is 0 Å². The Bertz CT molecular complexity index is 403. The van der Waals surface area contributed by atoms with Crippen molar-refractivity contribution in [3.05, 3.63) is 29.8 Å². The van der Waals surface area contributed by atoms with E-state index in [-0.39, 0.29) is 18.2 Å². The number of rotatable bonds is 6. The molecule has 20 heavy (non-hydrogen) atoms. The van der Waals surface area contributed by atoms with Crippen molar-refractivity contribution in [2.75, 3.05) is 6.61 Å². The highest BCUT2D eigenvalue weighted by Crippen LogP contribution is 2.30. The van der Waals surface area contributed by atoms with E-state index in [1.807, 2.05) is 32.0 Å². The zero-order chi connectivity index (χ0) is 14.4. The van der Waals surface area contributed by atoms with Gasteiger partial charge < -0.3 is 9.47 Å². The summed E-state index contributed by atoms with van der Waals surface area (Å²) < 4.78 is 11.7. The van der Waals surface area contributed by atoms with Crippen LogP contribution >= 0.6 is 0 Å². The van der Waals surface area contributed by atoms with Crippen LogP contribution in [0.1, 0.15) is 51.1 Å². The number of hydrogen-bond donors (Lipinski definition) is 2. The molecule has 2 unspecified atom stereocenters. The quantitative estimate of drug-likeness (QED) is 0.620. The fourth-order valence-corrected chi connectivity index (χ4v) is 2.67. The topological polar surface area (TPSA) is 56.5 Å². The van der Waals surface area contributed by atoms with Crippen LogP contribution in [0, 0.1) is 0 Å². The predicted octanol–water partition coefficient (Wildman–Crippen LogP) is 2.94. The number of ether oxygens (including phenoxy) is 2. The Hall–Kier alpha value is -1.10. The summed E-state index contributed by atoms with van der Waals surface area (Å²) in [6, 6.07) is 8.15. The summed E-state index contributed by atoms with van der Waals surface area (Å²) in [6.45, 7) is 4.93. The second-order valence-electron chi connectivity index (χ2n) is 5.65. The Morgan fingerprint density at radius 3 is 2.80 bits per heavy atom. The lowest BCUT2D eigenvalue weighted by Crippen LogP contribution is -2.33. The van der Waals surface area contributed by atoms with E-state index in [1.165, 1.54) is 12.8 Å². The minimum atomic E-state index is 0.0630. The average molecular weight is 278 g/mol. The minimum Gasteiger partial charge on any atom is -0.491 e. The van der Waals surface area contributed by atoms with Crippen molar-refractivity contribution in [2.24, 2.45) is 5.84 Å². The number of benzene rings is 1. The van der Waals surface area contributed by atoms with Gasteiger partial charge in [-0.3, -0.25) is 11.3 Å². The summed E-state index contributed by atoms with van der Waals surface area (Å²) in [4.78, 5) is 0. The number of para-hydroxylation sites is 1. The molecule has 3 N–H and O–H groups in total. The van der Waals surface area contributed by atoms with Crippen LogP contribution in [0.2, 0.25) is 0 Å². The Labute approximate surface area is 121 Å². The normalized spacial score (nSPS) is 20.9. The summed E-state index contributed by atoms with van der Waals surface area (Å²) in [5.41, 5.74) is 4.03. The Morgan fingerprint density at radius 2 is 2.15 bits per heavy atom. The second kappa shape index (κ2) is 7.62. The lowest BCUT2D eigenvalue weighted by molar-refractivity contribution is 0.00483. The monoisotopic (exact) mass is 278 g/mol. The van der Waals surface area contributed by atoms with Crippen molar-refractivity contribution in [1.82, 2.24) is 5.43 Å². The summed E-state index contributed by atoms with van der Waals surface area (Å²) in [7, 11) is 0. The van der Waals surface area contributed by atoms with E-state index in [0.717, 1.165) is 30.8 Å². The van der Waals surface area contributed by atoms with Gasteiger partial charge in [0.05, 0.1) is 18.2 Å². The van der Waals surface area contributed by atoms with Crippen molar-refractivity contribution in [2.45, 2.75) is 57.8 Å². The molecule has 1 aromatic rings. The van der Waals surface area contributed by atoms with Crippen LogP contribution in [0.3, 0.4) is 0 Å². The van der Waals surface area contributed by atoms with Gasteiger partial charge in [-0.1, -0.05) is 18.2 Å².